The molecule has 5 heteroatoms. The van der Waals surface area contributed by atoms with Gasteiger partial charge in [-0.3, -0.25) is 4.79 Å². The molecular formula is C20H24O5. The molecule has 134 valence electrons. The lowest BCUT2D eigenvalue weighted by atomic mass is 10.1. The van der Waals surface area contributed by atoms with Gasteiger partial charge in [-0.25, -0.2) is 0 Å². The molecule has 25 heavy (non-hydrogen) atoms. The average molecular weight is 344 g/mol. The van der Waals surface area contributed by atoms with Crippen LogP contribution in [-0.4, -0.2) is 32.4 Å². The average Bonchev–Trinajstić information content (AvgIpc) is 2.63. The fraction of sp³-hybridized carbons (Fsp3) is 0.250. The molecule has 0 spiro atoms. The van der Waals surface area contributed by atoms with Crippen molar-refractivity contribution in [2.75, 3.05) is 21.3 Å². The summed E-state index contributed by atoms with van der Waals surface area (Å²) in [4.78, 5) is 10.6. The van der Waals surface area contributed by atoms with Crippen LogP contribution in [0.3, 0.4) is 0 Å². The van der Waals surface area contributed by atoms with Crippen LogP contribution in [-0.2, 0) is 17.6 Å². The van der Waals surface area contributed by atoms with Gasteiger partial charge in [0.05, 0.1) is 27.8 Å². The van der Waals surface area contributed by atoms with Crippen LogP contribution in [0.15, 0.2) is 55.1 Å². The number of ether oxygens (including phenoxy) is 3. The third-order valence-corrected chi connectivity index (χ3v) is 3.37. The zero-order chi connectivity index (χ0) is 18.7. The van der Waals surface area contributed by atoms with Crippen molar-refractivity contribution in [1.29, 1.82) is 0 Å². The molecule has 0 aliphatic rings. The van der Waals surface area contributed by atoms with Crippen LogP contribution in [0.1, 0.15) is 11.1 Å². The lowest BCUT2D eigenvalue weighted by Crippen LogP contribution is -2.02. The van der Waals surface area contributed by atoms with Crippen LogP contribution < -0.4 is 14.2 Å². The van der Waals surface area contributed by atoms with Gasteiger partial charge in [0, 0.05) is 5.56 Å². The second-order valence-electron chi connectivity index (χ2n) is 5.09. The molecule has 0 aromatic heterocycles. The van der Waals surface area contributed by atoms with Crippen molar-refractivity contribution in [3.05, 3.63) is 66.2 Å². The van der Waals surface area contributed by atoms with Gasteiger partial charge in [0.25, 0.3) is 0 Å². The van der Waals surface area contributed by atoms with E-state index >= 15 is 0 Å². The summed E-state index contributed by atoms with van der Waals surface area (Å²) in [5.74, 6) is 1.46. The summed E-state index contributed by atoms with van der Waals surface area (Å²) in [5.41, 5.74) is 1.76. The summed E-state index contributed by atoms with van der Waals surface area (Å²) >= 11 is 0. The number of hydrogen-bond acceptors (Lipinski definition) is 4. The molecule has 5 nitrogen and oxygen atoms in total. The van der Waals surface area contributed by atoms with Crippen molar-refractivity contribution in [3.63, 3.8) is 0 Å². The molecule has 0 amide bonds. The maximum atomic E-state index is 10.6. The molecule has 0 aliphatic carbocycles. The van der Waals surface area contributed by atoms with E-state index < -0.39 is 5.97 Å². The molecule has 2 aromatic carbocycles. The molecule has 2 rings (SSSR count). The van der Waals surface area contributed by atoms with Gasteiger partial charge in [-0.15, -0.1) is 6.58 Å². The fourth-order valence-corrected chi connectivity index (χ4v) is 2.10. The summed E-state index contributed by atoms with van der Waals surface area (Å²) in [7, 11) is 4.82. The van der Waals surface area contributed by atoms with Crippen molar-refractivity contribution < 1.29 is 24.1 Å². The van der Waals surface area contributed by atoms with Gasteiger partial charge in [-0.05, 0) is 42.3 Å². The molecule has 0 aliphatic heterocycles. The predicted molar refractivity (Wildman–Crippen MR) is 97.8 cm³/mol. The van der Waals surface area contributed by atoms with Crippen LogP contribution in [0.2, 0.25) is 0 Å². The topological polar surface area (TPSA) is 65.0 Å². The molecule has 0 saturated carbocycles. The van der Waals surface area contributed by atoms with Crippen molar-refractivity contribution in [1.82, 2.24) is 0 Å². The Morgan fingerprint density at radius 1 is 1.00 bits per heavy atom. The fourth-order valence-electron chi connectivity index (χ4n) is 2.10. The number of benzene rings is 2. The zero-order valence-corrected chi connectivity index (χ0v) is 14.8. The molecule has 0 fully saturated rings. The van der Waals surface area contributed by atoms with E-state index in [-0.39, 0.29) is 6.42 Å². The monoisotopic (exact) mass is 344 g/mol. The van der Waals surface area contributed by atoms with E-state index in [9.17, 15) is 4.79 Å². The minimum Gasteiger partial charge on any atom is -0.497 e. The number of hydrogen-bond donors (Lipinski definition) is 1. The number of rotatable bonds is 7. The first kappa shape index (κ1) is 20.1. The zero-order valence-electron chi connectivity index (χ0n) is 14.8. The molecule has 0 saturated heterocycles. The lowest BCUT2D eigenvalue weighted by molar-refractivity contribution is -0.136. The SMILES string of the molecule is C=CCc1ccc(CC(=O)O)c(OC)c1.COc1ccc(OC)cc1. The highest BCUT2D eigenvalue weighted by Crippen LogP contribution is 2.21. The van der Waals surface area contributed by atoms with E-state index in [0.29, 0.717) is 11.3 Å². The van der Waals surface area contributed by atoms with E-state index in [1.54, 1.807) is 33.5 Å². The Balaban J connectivity index is 0.000000271. The van der Waals surface area contributed by atoms with Crippen LogP contribution in [0.25, 0.3) is 0 Å². The first-order valence-corrected chi connectivity index (χ1v) is 7.70. The van der Waals surface area contributed by atoms with E-state index in [4.69, 9.17) is 19.3 Å². The smallest absolute Gasteiger partial charge is 0.307 e. The first-order valence-electron chi connectivity index (χ1n) is 7.70. The van der Waals surface area contributed by atoms with Crippen LogP contribution in [0.5, 0.6) is 17.2 Å². The van der Waals surface area contributed by atoms with Crippen LogP contribution in [0.4, 0.5) is 0 Å². The van der Waals surface area contributed by atoms with Crippen molar-refractivity contribution in [2.45, 2.75) is 12.8 Å². The first-order chi connectivity index (χ1) is 12.0. The van der Waals surface area contributed by atoms with Crippen LogP contribution >= 0.6 is 0 Å². The van der Waals surface area contributed by atoms with Gasteiger partial charge in [0.15, 0.2) is 0 Å². The maximum Gasteiger partial charge on any atom is 0.307 e. The van der Waals surface area contributed by atoms with E-state index in [2.05, 4.69) is 6.58 Å². The summed E-state index contributed by atoms with van der Waals surface area (Å²) in [6.45, 7) is 3.65. The molecule has 0 radical (unpaired) electrons. The number of aliphatic carboxylic acids is 1. The Hall–Kier alpha value is -2.95. The largest absolute Gasteiger partial charge is 0.497 e. The molecular weight excluding hydrogens is 320 g/mol. The second-order valence-corrected chi connectivity index (χ2v) is 5.09. The van der Waals surface area contributed by atoms with Gasteiger partial charge in [0.2, 0.25) is 0 Å². The van der Waals surface area contributed by atoms with Gasteiger partial charge >= 0.3 is 5.97 Å². The van der Waals surface area contributed by atoms with E-state index in [0.717, 1.165) is 23.5 Å². The third-order valence-electron chi connectivity index (χ3n) is 3.37. The molecule has 0 unspecified atom stereocenters. The molecule has 1 N–H and O–H groups in total. The summed E-state index contributed by atoms with van der Waals surface area (Å²) in [5, 5.41) is 8.69. The number of allylic oxidation sites excluding steroid dienone is 1. The second kappa shape index (κ2) is 10.8. The molecule has 0 atom stereocenters. The molecule has 0 bridgehead atoms. The predicted octanol–water partition coefficient (Wildman–Crippen LogP) is 3.75. The van der Waals surface area contributed by atoms with Crippen molar-refractivity contribution in [3.8, 4) is 17.2 Å². The van der Waals surface area contributed by atoms with Gasteiger partial charge < -0.3 is 19.3 Å². The number of carboxylic acid groups (broad SMARTS) is 1. The number of carboxylic acids is 1. The Labute approximate surface area is 148 Å². The Bertz CT molecular complexity index is 654. The highest BCUT2D eigenvalue weighted by atomic mass is 16.5. The lowest BCUT2D eigenvalue weighted by Gasteiger charge is -2.08. The van der Waals surface area contributed by atoms with Crippen molar-refractivity contribution in [2.24, 2.45) is 0 Å². The highest BCUT2D eigenvalue weighted by Gasteiger charge is 2.07. The summed E-state index contributed by atoms with van der Waals surface area (Å²) in [6.07, 6.45) is 2.53. The van der Waals surface area contributed by atoms with Gasteiger partial charge in [-0.2, -0.15) is 0 Å². The van der Waals surface area contributed by atoms with Gasteiger partial charge in [0.1, 0.15) is 17.2 Å². The molecule has 2 aromatic rings. The van der Waals surface area contributed by atoms with Crippen LogP contribution in [0, 0.1) is 0 Å². The minimum absolute atomic E-state index is 0.0163. The van der Waals surface area contributed by atoms with Crippen molar-refractivity contribution >= 4 is 5.97 Å². The quantitative estimate of drug-likeness (QED) is 0.775. The summed E-state index contributed by atoms with van der Waals surface area (Å²) in [6, 6.07) is 13.0. The minimum atomic E-state index is -0.857. The number of methoxy groups -OCH3 is 3. The Morgan fingerprint density at radius 3 is 1.96 bits per heavy atom. The Kier molecular flexibility index (Phi) is 8.65. The number of carbonyl (C=O) groups is 1. The molecule has 0 heterocycles. The van der Waals surface area contributed by atoms with E-state index in [1.807, 2.05) is 36.4 Å². The van der Waals surface area contributed by atoms with E-state index in [1.165, 1.54) is 0 Å². The standard InChI is InChI=1S/C12H14O3.C8H10O2/c1-3-4-9-5-6-10(8-12(13)14)11(7-9)15-2;1-9-7-3-5-8(10-2)6-4-7/h3,5-7H,1,4,8H2,2H3,(H,13,14);3-6H,1-2H3. The van der Waals surface area contributed by atoms with Gasteiger partial charge in [-0.1, -0.05) is 18.2 Å². The third kappa shape index (κ3) is 6.99. The summed E-state index contributed by atoms with van der Waals surface area (Å²) < 4.78 is 15.1. The normalized spacial score (nSPS) is 9.40. The highest BCUT2D eigenvalue weighted by molar-refractivity contribution is 5.71. The maximum absolute atomic E-state index is 10.6. The Morgan fingerprint density at radius 2 is 1.56 bits per heavy atom.